The van der Waals surface area contributed by atoms with Crippen molar-refractivity contribution in [3.8, 4) is 5.75 Å². The first-order valence-corrected chi connectivity index (χ1v) is 13.6. The van der Waals surface area contributed by atoms with Crippen LogP contribution in [0.3, 0.4) is 0 Å². The Morgan fingerprint density at radius 3 is 1.97 bits per heavy atom. The monoisotopic (exact) mass is 565 g/mol. The van der Waals surface area contributed by atoms with Crippen molar-refractivity contribution in [1.29, 1.82) is 0 Å². The minimum absolute atomic E-state index is 0.0942. The molecule has 2 aromatic rings. The largest absolute Gasteiger partial charge is 0.489 e. The summed E-state index contributed by atoms with van der Waals surface area (Å²) in [6.07, 6.45) is 2.43. The lowest BCUT2D eigenvalue weighted by Gasteiger charge is -2.48. The number of rotatable bonds is 4. The molecule has 3 aliphatic rings. The molecule has 2 aromatic carbocycles. The zero-order valence-electron chi connectivity index (χ0n) is 22.1. The molecule has 2 aliphatic carbocycles. The molecule has 194 valence electrons. The van der Waals surface area contributed by atoms with Crippen LogP contribution < -0.4 is 4.74 Å². The molecule has 0 fully saturated rings. The molecule has 0 aromatic heterocycles. The van der Waals surface area contributed by atoms with Gasteiger partial charge in [0, 0.05) is 58.4 Å². The van der Waals surface area contributed by atoms with Gasteiger partial charge < -0.3 is 9.64 Å². The second-order valence-electron chi connectivity index (χ2n) is 12.2. The zero-order chi connectivity index (χ0) is 26.7. The van der Waals surface area contributed by atoms with Gasteiger partial charge in [0.25, 0.3) is 0 Å². The highest BCUT2D eigenvalue weighted by molar-refractivity contribution is 9.10. The summed E-state index contributed by atoms with van der Waals surface area (Å²) in [6.45, 7) is 8.78. The number of benzene rings is 2. The van der Waals surface area contributed by atoms with Gasteiger partial charge in [0.05, 0.1) is 0 Å². The van der Waals surface area contributed by atoms with Crippen molar-refractivity contribution in [2.45, 2.75) is 65.9 Å². The summed E-state index contributed by atoms with van der Waals surface area (Å²) in [5.41, 5.74) is 4.81. The first-order valence-electron chi connectivity index (χ1n) is 12.8. The van der Waals surface area contributed by atoms with E-state index >= 15 is 0 Å². The molecule has 0 bridgehead atoms. The Kier molecular flexibility index (Phi) is 6.46. The molecule has 1 heterocycles. The van der Waals surface area contributed by atoms with Crippen molar-refractivity contribution in [2.24, 2.45) is 10.8 Å². The number of nitrogens with zero attached hydrogens (tertiary/aromatic N) is 1. The number of carbonyl (C=O) groups is 2. The molecule has 0 unspecified atom stereocenters. The third-order valence-corrected chi connectivity index (χ3v) is 8.26. The maximum atomic E-state index is 13.8. The SMILES string of the molecule is CN1C2=C(C(=O)CC(C)(C)C2)C(c2cc(Br)ccc2OCc2ccc(F)cc2)C2=C1CC(C)(C)CC2=O. The lowest BCUT2D eigenvalue weighted by molar-refractivity contribution is -0.119. The molecule has 0 saturated carbocycles. The first-order chi connectivity index (χ1) is 17.3. The Balaban J connectivity index is 1.67. The van der Waals surface area contributed by atoms with Crippen LogP contribution in [0.15, 0.2) is 69.5 Å². The average molecular weight is 567 g/mol. The fraction of sp³-hybridized carbons (Fsp3) is 0.419. The third-order valence-electron chi connectivity index (χ3n) is 7.77. The first kappa shape index (κ1) is 25.9. The molecule has 0 spiro atoms. The van der Waals surface area contributed by atoms with Crippen LogP contribution in [0.2, 0.25) is 0 Å². The molecule has 37 heavy (non-hydrogen) atoms. The van der Waals surface area contributed by atoms with Crippen LogP contribution in [0.5, 0.6) is 5.75 Å². The van der Waals surface area contributed by atoms with E-state index in [1.807, 2.05) is 25.2 Å². The zero-order valence-corrected chi connectivity index (χ0v) is 23.7. The highest BCUT2D eigenvalue weighted by Gasteiger charge is 2.48. The number of allylic oxidation sites excluding steroid dienone is 4. The standard InChI is InChI=1S/C31H33BrFNO3/c1-30(2)13-22-28(24(35)15-30)27(29-23(34(22)5)14-31(3,4)16-25(29)36)21-12-19(32)8-11-26(21)37-17-18-6-9-20(33)10-7-18/h6-12,27H,13-17H2,1-5H3. The van der Waals surface area contributed by atoms with Gasteiger partial charge in [-0.25, -0.2) is 4.39 Å². The van der Waals surface area contributed by atoms with E-state index in [9.17, 15) is 14.0 Å². The Morgan fingerprint density at radius 2 is 1.43 bits per heavy atom. The molecule has 4 nitrogen and oxygen atoms in total. The van der Waals surface area contributed by atoms with Crippen LogP contribution in [-0.2, 0) is 16.2 Å². The van der Waals surface area contributed by atoms with E-state index in [4.69, 9.17) is 4.74 Å². The van der Waals surface area contributed by atoms with E-state index in [-0.39, 0.29) is 34.8 Å². The van der Waals surface area contributed by atoms with E-state index in [1.54, 1.807) is 12.1 Å². The Labute approximate surface area is 226 Å². The number of ketones is 2. The predicted molar refractivity (Wildman–Crippen MR) is 145 cm³/mol. The summed E-state index contributed by atoms with van der Waals surface area (Å²) in [4.78, 5) is 29.7. The molecular formula is C31H33BrFNO3. The smallest absolute Gasteiger partial charge is 0.162 e. The molecule has 0 atom stereocenters. The van der Waals surface area contributed by atoms with Crippen LogP contribution in [0, 0.1) is 16.6 Å². The topological polar surface area (TPSA) is 46.6 Å². The minimum Gasteiger partial charge on any atom is -0.489 e. The average Bonchev–Trinajstić information content (AvgIpc) is 2.79. The molecule has 0 N–H and O–H groups in total. The highest BCUT2D eigenvalue weighted by atomic mass is 79.9. The van der Waals surface area contributed by atoms with Crippen molar-refractivity contribution < 1.29 is 18.7 Å². The van der Waals surface area contributed by atoms with Crippen LogP contribution in [-0.4, -0.2) is 23.5 Å². The molecule has 6 heteroatoms. The van der Waals surface area contributed by atoms with Crippen molar-refractivity contribution >= 4 is 27.5 Å². The molecule has 5 rings (SSSR count). The molecule has 1 aliphatic heterocycles. The van der Waals surface area contributed by atoms with E-state index in [2.05, 4.69) is 48.5 Å². The number of hydrogen-bond donors (Lipinski definition) is 0. The van der Waals surface area contributed by atoms with Gasteiger partial charge in [0.1, 0.15) is 18.2 Å². The Bertz CT molecular complexity index is 1300. The maximum absolute atomic E-state index is 13.8. The summed E-state index contributed by atoms with van der Waals surface area (Å²) < 4.78 is 20.5. The van der Waals surface area contributed by atoms with Gasteiger partial charge in [-0.15, -0.1) is 0 Å². The normalized spacial score (nSPS) is 21.2. The number of carbonyl (C=O) groups excluding carboxylic acids is 2. The second-order valence-corrected chi connectivity index (χ2v) is 13.1. The van der Waals surface area contributed by atoms with E-state index < -0.39 is 5.92 Å². The van der Waals surface area contributed by atoms with E-state index in [1.165, 1.54) is 12.1 Å². The summed E-state index contributed by atoms with van der Waals surface area (Å²) in [7, 11) is 2.01. The van der Waals surface area contributed by atoms with Gasteiger partial charge in [0.2, 0.25) is 0 Å². The number of ether oxygens (including phenoxy) is 1. The number of Topliss-reactive ketones (excluding diaryl/α,β-unsaturated/α-hetero) is 2. The molecule has 0 radical (unpaired) electrons. The lowest BCUT2D eigenvalue weighted by atomic mass is 9.63. The van der Waals surface area contributed by atoms with Gasteiger partial charge in [-0.2, -0.15) is 0 Å². The fourth-order valence-electron chi connectivity index (χ4n) is 6.09. The number of halogens is 2. The van der Waals surface area contributed by atoms with Crippen LogP contribution in [0.4, 0.5) is 4.39 Å². The van der Waals surface area contributed by atoms with Gasteiger partial charge in [-0.05, 0) is 59.6 Å². The van der Waals surface area contributed by atoms with Crippen molar-refractivity contribution in [1.82, 2.24) is 4.90 Å². The summed E-state index contributed by atoms with van der Waals surface area (Å²) >= 11 is 3.61. The number of hydrogen-bond acceptors (Lipinski definition) is 4. The van der Waals surface area contributed by atoms with E-state index in [0.717, 1.165) is 51.0 Å². The molecule has 0 amide bonds. The second kappa shape index (κ2) is 9.23. The van der Waals surface area contributed by atoms with Gasteiger partial charge in [-0.3, -0.25) is 9.59 Å². The summed E-state index contributed by atoms with van der Waals surface area (Å²) in [5.74, 6) is 0.0365. The summed E-state index contributed by atoms with van der Waals surface area (Å²) in [6, 6.07) is 12.0. The lowest BCUT2D eigenvalue weighted by Crippen LogP contribution is -2.43. The Hall–Kier alpha value is -2.73. The fourth-order valence-corrected chi connectivity index (χ4v) is 6.47. The van der Waals surface area contributed by atoms with Crippen molar-refractivity contribution in [3.05, 3.63) is 86.4 Å². The van der Waals surface area contributed by atoms with Gasteiger partial charge in [-0.1, -0.05) is 55.8 Å². The van der Waals surface area contributed by atoms with Crippen LogP contribution >= 0.6 is 15.9 Å². The van der Waals surface area contributed by atoms with Crippen molar-refractivity contribution in [3.63, 3.8) is 0 Å². The van der Waals surface area contributed by atoms with Crippen molar-refractivity contribution in [2.75, 3.05) is 7.05 Å². The minimum atomic E-state index is -0.478. The third kappa shape index (κ3) is 4.93. The van der Waals surface area contributed by atoms with Crippen LogP contribution in [0.1, 0.15) is 70.4 Å². The molecule has 0 saturated heterocycles. The highest BCUT2D eigenvalue weighted by Crippen LogP contribution is 2.55. The molecular weight excluding hydrogens is 533 g/mol. The van der Waals surface area contributed by atoms with Gasteiger partial charge in [0.15, 0.2) is 11.6 Å². The van der Waals surface area contributed by atoms with Crippen LogP contribution in [0.25, 0.3) is 0 Å². The maximum Gasteiger partial charge on any atom is 0.162 e. The Morgan fingerprint density at radius 1 is 0.892 bits per heavy atom. The summed E-state index contributed by atoms with van der Waals surface area (Å²) in [5, 5.41) is 0. The van der Waals surface area contributed by atoms with E-state index in [0.29, 0.717) is 18.6 Å². The quantitative estimate of drug-likeness (QED) is 0.385. The van der Waals surface area contributed by atoms with Gasteiger partial charge >= 0.3 is 0 Å². The predicted octanol–water partition coefficient (Wildman–Crippen LogP) is 7.48.